The monoisotopic (exact) mass is 507 g/mol. The van der Waals surface area contributed by atoms with E-state index >= 15 is 0 Å². The Labute approximate surface area is 232 Å². The highest BCUT2D eigenvalue weighted by Gasteiger charge is 2.62. The Morgan fingerprint density at radius 1 is 0.744 bits per heavy atom. The predicted molar refractivity (Wildman–Crippen MR) is 164 cm³/mol. The van der Waals surface area contributed by atoms with Gasteiger partial charge in [0.05, 0.1) is 6.04 Å². The summed E-state index contributed by atoms with van der Waals surface area (Å²) < 4.78 is 0. The number of nitrogens with zero attached hydrogens (tertiary/aromatic N) is 2. The minimum absolute atomic E-state index is 0.0480. The standard InChI is InChI=1S/C35H34BN3/c1-3-11-25(12-4-1)36-31-17-9-7-15-27(31)35(28-19-21-37-23-32(28)36)29-16-8-10-18-33(29)39(26-13-5-2-6-14-26)34-24-38-22-20-30(34)35/h1-18,24,28,30,32,34,37H,19-23H2. The molecule has 192 valence electrons. The number of benzene rings is 4. The average Bonchev–Trinajstić information content (AvgIpc) is 3.02. The average molecular weight is 507 g/mol. The third-order valence-corrected chi connectivity index (χ3v) is 10.2. The van der Waals surface area contributed by atoms with Crippen molar-refractivity contribution in [3.8, 4) is 0 Å². The molecule has 0 aromatic heterocycles. The molecule has 5 atom stereocenters. The fraction of sp³-hybridized carbons (Fsp3) is 0.286. The lowest BCUT2D eigenvalue weighted by atomic mass is 9.24. The van der Waals surface area contributed by atoms with Crippen LogP contribution in [0.25, 0.3) is 0 Å². The summed E-state index contributed by atoms with van der Waals surface area (Å²) in [6.45, 7) is 3.47. The van der Waals surface area contributed by atoms with E-state index in [0.717, 1.165) is 26.1 Å². The van der Waals surface area contributed by atoms with Crippen LogP contribution in [0.5, 0.6) is 0 Å². The number of fused-ring (bicyclic) bond motifs is 8. The molecular weight excluding hydrogens is 473 g/mol. The van der Waals surface area contributed by atoms with E-state index in [9.17, 15) is 0 Å². The summed E-state index contributed by atoms with van der Waals surface area (Å²) >= 11 is 0. The number of aliphatic imine (C=N–C) groups is 1. The smallest absolute Gasteiger partial charge is 0.214 e. The van der Waals surface area contributed by atoms with E-state index in [2.05, 4.69) is 126 Å². The lowest BCUT2D eigenvalue weighted by Gasteiger charge is -2.62. The van der Waals surface area contributed by atoms with Crippen LogP contribution >= 0.6 is 0 Å². The number of hydrogen-bond donors (Lipinski definition) is 1. The lowest BCUT2D eigenvalue weighted by Crippen LogP contribution is -2.69. The topological polar surface area (TPSA) is 27.6 Å². The van der Waals surface area contributed by atoms with Gasteiger partial charge >= 0.3 is 0 Å². The van der Waals surface area contributed by atoms with Gasteiger partial charge in [-0.2, -0.15) is 0 Å². The summed E-state index contributed by atoms with van der Waals surface area (Å²) in [6, 6.07) is 41.3. The van der Waals surface area contributed by atoms with Crippen LogP contribution in [0.4, 0.5) is 11.4 Å². The minimum Gasteiger partial charge on any atom is -0.332 e. The van der Waals surface area contributed by atoms with Gasteiger partial charge in [0, 0.05) is 35.5 Å². The van der Waals surface area contributed by atoms with Crippen LogP contribution in [-0.4, -0.2) is 38.6 Å². The van der Waals surface area contributed by atoms with E-state index in [1.165, 1.54) is 34.3 Å². The van der Waals surface area contributed by atoms with Crippen molar-refractivity contribution in [2.24, 2.45) is 16.8 Å². The molecule has 5 unspecified atom stereocenters. The Morgan fingerprint density at radius 2 is 1.46 bits per heavy atom. The summed E-state index contributed by atoms with van der Waals surface area (Å²) in [5, 5.41) is 3.83. The summed E-state index contributed by atoms with van der Waals surface area (Å²) in [5.74, 6) is 1.54. The number of rotatable bonds is 2. The maximum Gasteiger partial charge on any atom is 0.214 e. The van der Waals surface area contributed by atoms with Gasteiger partial charge in [0.1, 0.15) is 0 Å². The van der Waals surface area contributed by atoms with Gasteiger partial charge in [-0.25, -0.2) is 0 Å². The van der Waals surface area contributed by atoms with E-state index < -0.39 is 0 Å². The highest BCUT2D eigenvalue weighted by Crippen LogP contribution is 2.62. The largest absolute Gasteiger partial charge is 0.332 e. The highest BCUT2D eigenvalue weighted by atomic mass is 15.2. The van der Waals surface area contributed by atoms with Gasteiger partial charge in [0.15, 0.2) is 0 Å². The molecule has 0 radical (unpaired) electrons. The third kappa shape index (κ3) is 3.31. The number of piperidine rings is 1. The molecule has 0 amide bonds. The maximum atomic E-state index is 4.93. The molecule has 1 fully saturated rings. The predicted octanol–water partition coefficient (Wildman–Crippen LogP) is 5.19. The zero-order chi connectivity index (χ0) is 25.8. The van der Waals surface area contributed by atoms with Crippen LogP contribution in [-0.2, 0) is 5.41 Å². The van der Waals surface area contributed by atoms with Crippen molar-refractivity contribution in [1.29, 1.82) is 0 Å². The van der Waals surface area contributed by atoms with E-state index in [4.69, 9.17) is 4.99 Å². The molecule has 1 spiro atoms. The van der Waals surface area contributed by atoms with Crippen LogP contribution in [0.15, 0.2) is 114 Å². The van der Waals surface area contributed by atoms with Gasteiger partial charge in [0.25, 0.3) is 0 Å². The van der Waals surface area contributed by atoms with E-state index in [1.54, 1.807) is 5.56 Å². The zero-order valence-corrected chi connectivity index (χ0v) is 22.3. The fourth-order valence-electron chi connectivity index (χ4n) is 8.99. The molecular formula is C35H34BN3. The Kier molecular flexibility index (Phi) is 5.52. The van der Waals surface area contributed by atoms with Crippen LogP contribution in [0.3, 0.4) is 0 Å². The van der Waals surface area contributed by atoms with Crippen LogP contribution in [0.1, 0.15) is 24.0 Å². The maximum absolute atomic E-state index is 4.93. The minimum atomic E-state index is -0.0480. The van der Waals surface area contributed by atoms with Crippen molar-refractivity contribution < 1.29 is 0 Å². The van der Waals surface area contributed by atoms with E-state index in [1.807, 2.05) is 0 Å². The molecule has 4 aliphatic heterocycles. The number of nitrogens with one attached hydrogen (secondary N) is 1. The Morgan fingerprint density at radius 3 is 2.31 bits per heavy atom. The van der Waals surface area contributed by atoms with Crippen molar-refractivity contribution in [2.45, 2.75) is 30.1 Å². The second-order valence-electron chi connectivity index (χ2n) is 11.8. The molecule has 4 heteroatoms. The first-order chi connectivity index (χ1) is 19.4. The second-order valence-corrected chi connectivity index (χ2v) is 11.8. The lowest BCUT2D eigenvalue weighted by molar-refractivity contribution is 0.146. The molecule has 1 saturated heterocycles. The molecule has 0 bridgehead atoms. The van der Waals surface area contributed by atoms with Crippen molar-refractivity contribution in [2.75, 3.05) is 24.5 Å². The van der Waals surface area contributed by atoms with Gasteiger partial charge in [-0.15, -0.1) is 0 Å². The zero-order valence-electron chi connectivity index (χ0n) is 22.3. The summed E-state index contributed by atoms with van der Waals surface area (Å²) in [7, 11) is 0. The SMILES string of the molecule is C1=NCCC2C1N(c1ccccc1)c1ccccc1C21c2ccccc2B(c2ccccc2)C2CNCCC21. The summed E-state index contributed by atoms with van der Waals surface area (Å²) in [5.41, 5.74) is 8.62. The van der Waals surface area contributed by atoms with E-state index in [-0.39, 0.29) is 11.5 Å². The van der Waals surface area contributed by atoms with Crippen molar-refractivity contribution in [1.82, 2.24) is 5.32 Å². The summed E-state index contributed by atoms with van der Waals surface area (Å²) in [4.78, 5) is 7.52. The Hall–Kier alpha value is -3.63. The molecule has 4 aromatic carbocycles. The fourth-order valence-corrected chi connectivity index (χ4v) is 8.99. The van der Waals surface area contributed by atoms with Crippen LogP contribution in [0.2, 0.25) is 5.82 Å². The van der Waals surface area contributed by atoms with Gasteiger partial charge in [-0.05, 0) is 67.0 Å². The van der Waals surface area contributed by atoms with Crippen molar-refractivity contribution in [3.05, 3.63) is 120 Å². The molecule has 4 aromatic rings. The molecule has 3 nitrogen and oxygen atoms in total. The highest BCUT2D eigenvalue weighted by molar-refractivity contribution is 6.87. The van der Waals surface area contributed by atoms with Crippen molar-refractivity contribution in [3.63, 3.8) is 0 Å². The van der Waals surface area contributed by atoms with Gasteiger partial charge < -0.3 is 10.2 Å². The van der Waals surface area contributed by atoms with Gasteiger partial charge in [0.2, 0.25) is 6.71 Å². The number of para-hydroxylation sites is 2. The molecule has 0 aliphatic carbocycles. The second kappa shape index (κ2) is 9.24. The van der Waals surface area contributed by atoms with E-state index in [0.29, 0.717) is 24.4 Å². The molecule has 4 heterocycles. The van der Waals surface area contributed by atoms with Crippen LogP contribution in [0, 0.1) is 11.8 Å². The van der Waals surface area contributed by atoms with Crippen molar-refractivity contribution >= 4 is 35.2 Å². The Bertz CT molecular complexity index is 1520. The quantitative estimate of drug-likeness (QED) is 0.379. The van der Waals surface area contributed by atoms with Gasteiger partial charge in [-0.3, -0.25) is 4.99 Å². The van der Waals surface area contributed by atoms with Crippen LogP contribution < -0.4 is 21.1 Å². The molecule has 4 aliphatic rings. The molecule has 39 heavy (non-hydrogen) atoms. The molecule has 0 saturated carbocycles. The number of hydrogen-bond acceptors (Lipinski definition) is 3. The first-order valence-electron chi connectivity index (χ1n) is 14.7. The Balaban J connectivity index is 1.45. The van der Waals surface area contributed by atoms with Gasteiger partial charge in [-0.1, -0.05) is 102 Å². The third-order valence-electron chi connectivity index (χ3n) is 10.2. The first-order valence-corrected chi connectivity index (χ1v) is 14.7. The number of anilines is 2. The molecule has 1 N–H and O–H groups in total. The molecule has 8 rings (SSSR count). The summed E-state index contributed by atoms with van der Waals surface area (Å²) in [6.07, 6.45) is 4.60. The first kappa shape index (κ1) is 23.3. The normalized spacial score (nSPS) is 28.8.